The molecule has 0 fully saturated rings. The van der Waals surface area contributed by atoms with E-state index in [4.69, 9.17) is 9.47 Å². The number of aromatic amines is 1. The zero-order valence-corrected chi connectivity index (χ0v) is 18.9. The smallest absolute Gasteiger partial charge is 0.425 e. The Labute approximate surface area is 196 Å². The number of benzene rings is 1. The highest BCUT2D eigenvalue weighted by atomic mass is 19.4. The van der Waals surface area contributed by atoms with Crippen LogP contribution in [0.4, 0.5) is 13.2 Å². The van der Waals surface area contributed by atoms with E-state index in [1.165, 1.54) is 22.9 Å². The van der Waals surface area contributed by atoms with Crippen LogP contribution in [-0.4, -0.2) is 36.6 Å². The second kappa shape index (κ2) is 9.74. The van der Waals surface area contributed by atoms with E-state index in [0.717, 1.165) is 17.2 Å². The van der Waals surface area contributed by atoms with Gasteiger partial charge in [0.15, 0.2) is 17.7 Å². The fourth-order valence-electron chi connectivity index (χ4n) is 3.44. The second-order valence-corrected chi connectivity index (χ2v) is 7.69. The minimum atomic E-state index is -4.69. The van der Waals surface area contributed by atoms with E-state index < -0.39 is 29.4 Å². The van der Waals surface area contributed by atoms with Crippen LogP contribution in [-0.2, 0) is 24.5 Å². The predicted molar refractivity (Wildman–Crippen MR) is 120 cm³/mol. The lowest BCUT2D eigenvalue weighted by Crippen LogP contribution is -2.32. The lowest BCUT2D eigenvalue weighted by Gasteiger charge is -2.18. The molecule has 0 bridgehead atoms. The molecular formula is C23H22F3N5O4. The molecular weight excluding hydrogens is 467 g/mol. The quantitative estimate of drug-likeness (QED) is 0.407. The highest BCUT2D eigenvalue weighted by Gasteiger charge is 2.39. The molecule has 0 aliphatic rings. The number of nitrogens with one attached hydrogen (secondary N) is 1. The van der Waals surface area contributed by atoms with Crippen LogP contribution in [0.25, 0.3) is 16.6 Å². The van der Waals surface area contributed by atoms with Gasteiger partial charge in [-0.3, -0.25) is 9.36 Å². The molecule has 0 saturated carbocycles. The Kier molecular flexibility index (Phi) is 6.74. The third-order valence-electron chi connectivity index (χ3n) is 5.27. The van der Waals surface area contributed by atoms with Crippen LogP contribution in [0.15, 0.2) is 58.3 Å². The first-order chi connectivity index (χ1) is 16.7. The molecule has 0 spiro atoms. The molecule has 4 rings (SSSR count). The van der Waals surface area contributed by atoms with E-state index >= 15 is 0 Å². The number of ether oxygens (including phenoxy) is 2. The first-order valence-electron chi connectivity index (χ1n) is 10.8. The lowest BCUT2D eigenvalue weighted by molar-refractivity contribution is -0.189. The molecule has 0 amide bonds. The van der Waals surface area contributed by atoms with E-state index in [-0.39, 0.29) is 29.7 Å². The zero-order valence-electron chi connectivity index (χ0n) is 18.9. The minimum Gasteiger partial charge on any atom is -0.464 e. The van der Waals surface area contributed by atoms with Gasteiger partial charge < -0.3 is 14.5 Å². The molecule has 4 aromatic rings. The summed E-state index contributed by atoms with van der Waals surface area (Å²) >= 11 is 0. The Morgan fingerprint density at radius 2 is 1.86 bits per heavy atom. The lowest BCUT2D eigenvalue weighted by atomic mass is 10.2. The molecule has 35 heavy (non-hydrogen) atoms. The Bertz CT molecular complexity index is 1440. The standard InChI is InChI=1S/C23H22F3N5O4/c1-3-30-18(13-34-12-15-7-5-4-6-8-15)29-31(22(30)33)17-11-16-9-10-27-20(32)19(16)21(28-17)35-14(2)23(24,25)26/h4-11,14H,3,12-13H2,1-2H3,(H,27,32). The van der Waals surface area contributed by atoms with Gasteiger partial charge in [-0.15, -0.1) is 5.10 Å². The molecule has 184 valence electrons. The first-order valence-corrected chi connectivity index (χ1v) is 10.8. The summed E-state index contributed by atoms with van der Waals surface area (Å²) in [6.45, 7) is 3.16. The molecule has 0 aliphatic heterocycles. The molecule has 1 atom stereocenters. The third-order valence-corrected chi connectivity index (χ3v) is 5.27. The molecule has 9 nitrogen and oxygen atoms in total. The molecule has 1 N–H and O–H groups in total. The summed E-state index contributed by atoms with van der Waals surface area (Å²) in [6, 6.07) is 12.3. The van der Waals surface area contributed by atoms with E-state index in [1.807, 2.05) is 30.3 Å². The molecule has 3 heterocycles. The van der Waals surface area contributed by atoms with Crippen LogP contribution >= 0.6 is 0 Å². The van der Waals surface area contributed by atoms with Crippen LogP contribution in [0, 0.1) is 0 Å². The monoisotopic (exact) mass is 489 g/mol. The molecule has 1 aromatic carbocycles. The number of H-pyrrole nitrogens is 1. The number of nitrogens with zero attached hydrogens (tertiary/aromatic N) is 4. The van der Waals surface area contributed by atoms with Crippen molar-refractivity contribution in [3.05, 3.63) is 80.9 Å². The van der Waals surface area contributed by atoms with Gasteiger partial charge in [-0.25, -0.2) is 4.79 Å². The third kappa shape index (κ3) is 5.11. The number of halogens is 3. The predicted octanol–water partition coefficient (Wildman–Crippen LogP) is 3.34. The van der Waals surface area contributed by atoms with Crippen molar-refractivity contribution < 1.29 is 22.6 Å². The second-order valence-electron chi connectivity index (χ2n) is 7.69. The zero-order chi connectivity index (χ0) is 25.2. The minimum absolute atomic E-state index is 0.0205. The fourth-order valence-corrected chi connectivity index (χ4v) is 3.44. The van der Waals surface area contributed by atoms with Crippen LogP contribution in [0.5, 0.6) is 5.88 Å². The Morgan fingerprint density at radius 1 is 1.11 bits per heavy atom. The normalized spacial score (nSPS) is 12.7. The van der Waals surface area contributed by atoms with Gasteiger partial charge in [-0.2, -0.15) is 22.8 Å². The van der Waals surface area contributed by atoms with Crippen LogP contribution in [0.1, 0.15) is 25.2 Å². The van der Waals surface area contributed by atoms with E-state index in [0.29, 0.717) is 12.4 Å². The molecule has 3 aromatic heterocycles. The molecule has 12 heteroatoms. The van der Waals surface area contributed by atoms with Crippen LogP contribution in [0.3, 0.4) is 0 Å². The fraction of sp³-hybridized carbons (Fsp3) is 0.304. The van der Waals surface area contributed by atoms with Crippen molar-refractivity contribution in [2.45, 2.75) is 45.9 Å². The average molecular weight is 489 g/mol. The summed E-state index contributed by atoms with van der Waals surface area (Å²) in [6.07, 6.45) is -5.59. The van der Waals surface area contributed by atoms with Crippen LogP contribution in [0.2, 0.25) is 0 Å². The average Bonchev–Trinajstić information content (AvgIpc) is 3.14. The van der Waals surface area contributed by atoms with E-state index in [2.05, 4.69) is 15.1 Å². The van der Waals surface area contributed by atoms with Gasteiger partial charge in [-0.1, -0.05) is 30.3 Å². The van der Waals surface area contributed by atoms with Crippen molar-refractivity contribution in [1.82, 2.24) is 24.3 Å². The van der Waals surface area contributed by atoms with Gasteiger partial charge >= 0.3 is 11.9 Å². The van der Waals surface area contributed by atoms with Crippen molar-refractivity contribution in [3.8, 4) is 11.7 Å². The number of alkyl halides is 3. The summed E-state index contributed by atoms with van der Waals surface area (Å²) in [5, 5.41) is 4.37. The molecule has 1 unspecified atom stereocenters. The van der Waals surface area contributed by atoms with Gasteiger partial charge in [0.25, 0.3) is 5.56 Å². The van der Waals surface area contributed by atoms with Crippen molar-refractivity contribution >= 4 is 10.8 Å². The van der Waals surface area contributed by atoms with E-state index in [1.54, 1.807) is 6.92 Å². The number of hydrogen-bond acceptors (Lipinski definition) is 6. The Morgan fingerprint density at radius 3 is 2.54 bits per heavy atom. The van der Waals surface area contributed by atoms with Crippen LogP contribution < -0.4 is 16.0 Å². The molecule has 0 saturated heterocycles. The van der Waals surface area contributed by atoms with Gasteiger partial charge in [0.2, 0.25) is 5.88 Å². The first kappa shape index (κ1) is 24.2. The SMILES string of the molecule is CCn1c(COCc2ccccc2)nn(-c2cc3cc[nH]c(=O)c3c(OC(C)C(F)(F)F)n2)c1=O. The van der Waals surface area contributed by atoms with Gasteiger partial charge in [-0.05, 0) is 36.9 Å². The van der Waals surface area contributed by atoms with Crippen molar-refractivity contribution in [2.75, 3.05) is 0 Å². The highest BCUT2D eigenvalue weighted by molar-refractivity contribution is 5.87. The van der Waals surface area contributed by atoms with Gasteiger partial charge in [0.05, 0.1) is 6.61 Å². The molecule has 0 radical (unpaired) electrons. The largest absolute Gasteiger partial charge is 0.464 e. The number of fused-ring (bicyclic) bond motifs is 1. The number of pyridine rings is 2. The topological polar surface area (TPSA) is 104 Å². The highest BCUT2D eigenvalue weighted by Crippen LogP contribution is 2.28. The van der Waals surface area contributed by atoms with E-state index in [9.17, 15) is 22.8 Å². The van der Waals surface area contributed by atoms with Gasteiger partial charge in [0.1, 0.15) is 12.0 Å². The molecule has 0 aliphatic carbocycles. The van der Waals surface area contributed by atoms with Crippen molar-refractivity contribution in [3.63, 3.8) is 0 Å². The summed E-state index contributed by atoms with van der Waals surface area (Å²) in [7, 11) is 0. The Hall–Kier alpha value is -3.93. The maximum absolute atomic E-state index is 13.1. The Balaban J connectivity index is 1.73. The maximum atomic E-state index is 13.1. The summed E-state index contributed by atoms with van der Waals surface area (Å²) in [5.74, 6) is -0.328. The maximum Gasteiger partial charge on any atom is 0.425 e. The van der Waals surface area contributed by atoms with Gasteiger partial charge in [0, 0.05) is 12.7 Å². The van der Waals surface area contributed by atoms with Crippen molar-refractivity contribution in [2.24, 2.45) is 0 Å². The summed E-state index contributed by atoms with van der Waals surface area (Å²) in [4.78, 5) is 31.8. The number of hydrogen-bond donors (Lipinski definition) is 1. The number of rotatable bonds is 8. The number of aromatic nitrogens is 5. The summed E-state index contributed by atoms with van der Waals surface area (Å²) < 4.78 is 52.5. The summed E-state index contributed by atoms with van der Waals surface area (Å²) in [5.41, 5.74) is -0.288. The van der Waals surface area contributed by atoms with Crippen molar-refractivity contribution in [1.29, 1.82) is 0 Å².